The van der Waals surface area contributed by atoms with Gasteiger partial charge in [-0.3, -0.25) is 14.2 Å². The van der Waals surface area contributed by atoms with Gasteiger partial charge in [0.2, 0.25) is 5.91 Å². The van der Waals surface area contributed by atoms with Crippen LogP contribution in [-0.2, 0) is 30.6 Å². The predicted octanol–water partition coefficient (Wildman–Crippen LogP) is 3.89. The molecule has 0 saturated carbocycles. The quantitative estimate of drug-likeness (QED) is 0.663. The molecule has 2 aromatic heterocycles. The molecule has 0 aliphatic rings. The van der Waals surface area contributed by atoms with Crippen LogP contribution in [0.2, 0.25) is 5.02 Å². The molecule has 0 unspecified atom stereocenters. The summed E-state index contributed by atoms with van der Waals surface area (Å²) >= 11 is 9.10. The van der Waals surface area contributed by atoms with Gasteiger partial charge >= 0.3 is 6.18 Å². The maximum atomic E-state index is 12.8. The third kappa shape index (κ3) is 4.40. The van der Waals surface area contributed by atoms with Crippen molar-refractivity contribution >= 4 is 33.4 Å². The van der Waals surface area contributed by atoms with Crippen molar-refractivity contribution in [3.05, 3.63) is 32.8 Å². The maximum Gasteiger partial charge on any atom is 0.436 e. The Balaban J connectivity index is 2.03. The van der Waals surface area contributed by atoms with Gasteiger partial charge < -0.3 is 4.90 Å². The predicted molar refractivity (Wildman–Crippen MR) is 93.7 cm³/mol. The molecule has 2 rings (SSSR count). The molecule has 0 saturated heterocycles. The molecule has 11 heteroatoms. The Labute approximate surface area is 162 Å². The summed E-state index contributed by atoms with van der Waals surface area (Å²) in [4.78, 5) is 13.8. The summed E-state index contributed by atoms with van der Waals surface area (Å²) in [5.41, 5.74) is -0.101. The van der Waals surface area contributed by atoms with E-state index < -0.39 is 16.9 Å². The number of alkyl halides is 3. The summed E-state index contributed by atoms with van der Waals surface area (Å²) in [6.45, 7) is 4.38. The Bertz CT molecular complexity index is 802. The average Bonchev–Trinajstić information content (AvgIpc) is 3.06. The number of carbonyl (C=O) groups excluding carboxylic acids is 1. The van der Waals surface area contributed by atoms with Crippen LogP contribution in [-0.4, -0.2) is 37.4 Å². The Morgan fingerprint density at radius 1 is 1.38 bits per heavy atom. The third-order valence-corrected chi connectivity index (χ3v) is 5.06. The van der Waals surface area contributed by atoms with Crippen LogP contribution in [0.4, 0.5) is 13.2 Å². The van der Waals surface area contributed by atoms with Crippen molar-refractivity contribution in [3.8, 4) is 0 Å². The van der Waals surface area contributed by atoms with Crippen LogP contribution in [0.1, 0.15) is 30.4 Å². The van der Waals surface area contributed by atoms with Gasteiger partial charge in [0.25, 0.3) is 0 Å². The number of hydrogen-bond acceptors (Lipinski definition) is 3. The average molecular weight is 457 g/mol. The van der Waals surface area contributed by atoms with Gasteiger partial charge in [-0.1, -0.05) is 11.6 Å². The van der Waals surface area contributed by atoms with Crippen molar-refractivity contribution in [2.24, 2.45) is 0 Å². The fourth-order valence-corrected chi connectivity index (χ4v) is 3.11. The first-order valence-corrected chi connectivity index (χ1v) is 8.97. The molecule has 2 aromatic rings. The number of aromatic nitrogens is 4. The monoisotopic (exact) mass is 455 g/mol. The number of carbonyl (C=O) groups is 1. The van der Waals surface area contributed by atoms with E-state index in [1.54, 1.807) is 17.9 Å². The van der Waals surface area contributed by atoms with Gasteiger partial charge in [0.05, 0.1) is 40.2 Å². The first kappa shape index (κ1) is 20.8. The summed E-state index contributed by atoms with van der Waals surface area (Å²) in [6, 6.07) is 0. The fourth-order valence-electron chi connectivity index (χ4n) is 2.45. The van der Waals surface area contributed by atoms with E-state index in [1.807, 2.05) is 6.92 Å². The van der Waals surface area contributed by atoms with Crippen LogP contribution in [0.25, 0.3) is 0 Å². The molecule has 0 aliphatic heterocycles. The van der Waals surface area contributed by atoms with Gasteiger partial charge in [0.15, 0.2) is 5.69 Å². The normalized spacial score (nSPS) is 11.8. The summed E-state index contributed by atoms with van der Waals surface area (Å²) in [5, 5.41) is 7.24. The molecule has 26 heavy (non-hydrogen) atoms. The fraction of sp³-hybridized carbons (Fsp3) is 0.533. The molecule has 0 N–H and O–H groups in total. The maximum absolute atomic E-state index is 12.8. The van der Waals surface area contributed by atoms with E-state index in [4.69, 9.17) is 11.6 Å². The van der Waals surface area contributed by atoms with Gasteiger partial charge in [0.1, 0.15) is 0 Å². The smallest absolute Gasteiger partial charge is 0.340 e. The Hall–Kier alpha value is -1.55. The van der Waals surface area contributed by atoms with E-state index in [2.05, 4.69) is 26.1 Å². The van der Waals surface area contributed by atoms with E-state index in [0.717, 1.165) is 14.8 Å². The zero-order chi connectivity index (χ0) is 19.6. The van der Waals surface area contributed by atoms with Gasteiger partial charge in [0, 0.05) is 20.0 Å². The highest BCUT2D eigenvalue weighted by molar-refractivity contribution is 9.10. The second-order valence-electron chi connectivity index (χ2n) is 5.72. The largest absolute Gasteiger partial charge is 0.436 e. The highest BCUT2D eigenvalue weighted by Gasteiger charge is 2.38. The summed E-state index contributed by atoms with van der Waals surface area (Å²) < 4.78 is 42.2. The second kappa shape index (κ2) is 7.99. The molecule has 0 atom stereocenters. The standard InChI is InChI=1S/C15H18BrClF3N5O/c1-4-24-11(10(16)7-21-24)8-23(3)12(26)5-6-25-9(2)13(17)14(22-25)15(18,19)20/h7H,4-6,8H2,1-3H3. The van der Waals surface area contributed by atoms with Crippen molar-refractivity contribution in [1.82, 2.24) is 24.5 Å². The molecule has 0 fully saturated rings. The number of halogens is 5. The molecule has 0 radical (unpaired) electrons. The van der Waals surface area contributed by atoms with Crippen molar-refractivity contribution in [3.63, 3.8) is 0 Å². The van der Waals surface area contributed by atoms with E-state index in [1.165, 1.54) is 11.8 Å². The Kier molecular flexibility index (Phi) is 6.38. The lowest BCUT2D eigenvalue weighted by atomic mass is 10.3. The van der Waals surface area contributed by atoms with Crippen molar-refractivity contribution in [1.29, 1.82) is 0 Å². The highest BCUT2D eigenvalue weighted by Crippen LogP contribution is 2.35. The molecule has 0 spiro atoms. The minimum Gasteiger partial charge on any atom is -0.340 e. The zero-order valence-corrected chi connectivity index (χ0v) is 16.8. The van der Waals surface area contributed by atoms with Gasteiger partial charge in [-0.25, -0.2) is 0 Å². The lowest BCUT2D eigenvalue weighted by Crippen LogP contribution is -2.28. The van der Waals surface area contributed by atoms with Crippen LogP contribution in [0.5, 0.6) is 0 Å². The molecule has 6 nitrogen and oxygen atoms in total. The van der Waals surface area contributed by atoms with Gasteiger partial charge in [-0.2, -0.15) is 23.4 Å². The first-order valence-electron chi connectivity index (χ1n) is 7.80. The van der Waals surface area contributed by atoms with E-state index in [0.29, 0.717) is 13.1 Å². The van der Waals surface area contributed by atoms with Crippen LogP contribution < -0.4 is 0 Å². The zero-order valence-electron chi connectivity index (χ0n) is 14.4. The van der Waals surface area contributed by atoms with Crippen molar-refractivity contribution in [2.75, 3.05) is 7.05 Å². The van der Waals surface area contributed by atoms with Gasteiger partial charge in [-0.15, -0.1) is 0 Å². The van der Waals surface area contributed by atoms with Crippen molar-refractivity contribution in [2.45, 2.75) is 46.1 Å². The molecule has 2 heterocycles. The van der Waals surface area contributed by atoms with Crippen LogP contribution in [0, 0.1) is 6.92 Å². The van der Waals surface area contributed by atoms with Crippen LogP contribution >= 0.6 is 27.5 Å². The lowest BCUT2D eigenvalue weighted by molar-refractivity contribution is -0.141. The number of hydrogen-bond donors (Lipinski definition) is 0. The molecular formula is C15H18BrClF3N5O. The molecule has 0 aromatic carbocycles. The minimum atomic E-state index is -4.63. The van der Waals surface area contributed by atoms with E-state index in [-0.39, 0.29) is 24.6 Å². The SMILES string of the molecule is CCn1ncc(Br)c1CN(C)C(=O)CCn1nc(C(F)(F)F)c(Cl)c1C. The lowest BCUT2D eigenvalue weighted by Gasteiger charge is -2.18. The van der Waals surface area contributed by atoms with E-state index in [9.17, 15) is 18.0 Å². The number of rotatable bonds is 6. The molecule has 0 bridgehead atoms. The van der Waals surface area contributed by atoms with Crippen LogP contribution in [0.3, 0.4) is 0 Å². The summed E-state index contributed by atoms with van der Waals surface area (Å²) in [6.07, 6.45) is -2.96. The molecular weight excluding hydrogens is 439 g/mol. The number of nitrogens with zero attached hydrogens (tertiary/aromatic N) is 5. The minimum absolute atomic E-state index is 0.00449. The molecule has 1 amide bonds. The topological polar surface area (TPSA) is 56.0 Å². The Morgan fingerprint density at radius 2 is 2.04 bits per heavy atom. The highest BCUT2D eigenvalue weighted by atomic mass is 79.9. The second-order valence-corrected chi connectivity index (χ2v) is 6.96. The van der Waals surface area contributed by atoms with E-state index >= 15 is 0 Å². The molecule has 0 aliphatic carbocycles. The first-order chi connectivity index (χ1) is 12.1. The number of amides is 1. The van der Waals surface area contributed by atoms with Crippen molar-refractivity contribution < 1.29 is 18.0 Å². The van der Waals surface area contributed by atoms with Gasteiger partial charge in [-0.05, 0) is 29.8 Å². The number of aryl methyl sites for hydroxylation is 2. The summed E-state index contributed by atoms with van der Waals surface area (Å²) in [5.74, 6) is -0.222. The Morgan fingerprint density at radius 3 is 2.58 bits per heavy atom. The summed E-state index contributed by atoms with van der Waals surface area (Å²) in [7, 11) is 1.63. The molecule has 144 valence electrons. The van der Waals surface area contributed by atoms with Crippen LogP contribution in [0.15, 0.2) is 10.7 Å². The third-order valence-electron chi connectivity index (χ3n) is 3.95.